The summed E-state index contributed by atoms with van der Waals surface area (Å²) in [6.45, 7) is 1.34. The molecule has 2 heterocycles. The van der Waals surface area contributed by atoms with Gasteiger partial charge in [-0.2, -0.15) is 5.10 Å². The lowest BCUT2D eigenvalue weighted by atomic mass is 10.1. The van der Waals surface area contributed by atoms with E-state index in [1.165, 1.54) is 19.2 Å². The van der Waals surface area contributed by atoms with Crippen LogP contribution in [0.25, 0.3) is 0 Å². The number of hydrogen-bond donors (Lipinski definition) is 2. The molecule has 0 unspecified atom stereocenters. The molecule has 2 N–H and O–H groups in total. The van der Waals surface area contributed by atoms with Gasteiger partial charge in [-0.25, -0.2) is 0 Å². The van der Waals surface area contributed by atoms with Crippen LogP contribution in [0.2, 0.25) is 0 Å². The molecule has 1 aliphatic rings. The van der Waals surface area contributed by atoms with Gasteiger partial charge in [-0.3, -0.25) is 9.48 Å². The average molecular weight is 379 g/mol. The number of benzene rings is 2. The van der Waals surface area contributed by atoms with E-state index >= 15 is 0 Å². The maximum absolute atomic E-state index is 12.9. The van der Waals surface area contributed by atoms with Crippen LogP contribution < -0.4 is 4.74 Å². The highest BCUT2D eigenvalue weighted by molar-refractivity contribution is 5.97. The third-order valence-electron chi connectivity index (χ3n) is 4.93. The second-order valence-corrected chi connectivity index (χ2v) is 6.71. The molecule has 1 aromatic heterocycles. The zero-order valence-corrected chi connectivity index (χ0v) is 15.4. The van der Waals surface area contributed by atoms with Gasteiger partial charge in [-0.1, -0.05) is 30.3 Å². The molecule has 7 heteroatoms. The van der Waals surface area contributed by atoms with Gasteiger partial charge in [0, 0.05) is 6.54 Å². The number of phenols is 1. The first-order chi connectivity index (χ1) is 13.6. The summed E-state index contributed by atoms with van der Waals surface area (Å²) in [5.74, 6) is 0.163. The number of methoxy groups -OCH3 is 1. The molecule has 0 fully saturated rings. The molecule has 2 aromatic carbocycles. The molecule has 1 amide bonds. The van der Waals surface area contributed by atoms with Crippen LogP contribution in [-0.4, -0.2) is 44.5 Å². The van der Waals surface area contributed by atoms with Crippen molar-refractivity contribution in [3.63, 3.8) is 0 Å². The number of hydrogen-bond acceptors (Lipinski definition) is 5. The van der Waals surface area contributed by atoms with Crippen LogP contribution in [0.1, 0.15) is 33.4 Å². The minimum absolute atomic E-state index is 0.0786. The Hall–Kier alpha value is -3.32. The van der Waals surface area contributed by atoms with Crippen LogP contribution >= 0.6 is 0 Å². The number of carbonyl (C=O) groups excluding carboxylic acids is 1. The Balaban J connectivity index is 1.55. The van der Waals surface area contributed by atoms with Crippen molar-refractivity contribution in [2.45, 2.75) is 19.2 Å². The molecular weight excluding hydrogens is 358 g/mol. The van der Waals surface area contributed by atoms with Crippen molar-refractivity contribution in [1.82, 2.24) is 14.7 Å². The Morgan fingerprint density at radius 2 is 1.93 bits per heavy atom. The molecule has 4 rings (SSSR count). The van der Waals surface area contributed by atoms with E-state index in [0.29, 0.717) is 31.1 Å². The molecule has 28 heavy (non-hydrogen) atoms. The van der Waals surface area contributed by atoms with Gasteiger partial charge < -0.3 is 19.8 Å². The fraction of sp³-hybridized carbons (Fsp3) is 0.238. The summed E-state index contributed by atoms with van der Waals surface area (Å²) in [4.78, 5) is 14.5. The lowest BCUT2D eigenvalue weighted by molar-refractivity contribution is 0.0702. The number of aliphatic hydroxyl groups is 1. The fourth-order valence-corrected chi connectivity index (χ4v) is 3.39. The highest BCUT2D eigenvalue weighted by Gasteiger charge is 2.26. The Morgan fingerprint density at radius 1 is 1.14 bits per heavy atom. The summed E-state index contributed by atoms with van der Waals surface area (Å²) in [5.41, 5.74) is 2.37. The highest BCUT2D eigenvalue weighted by Crippen LogP contribution is 2.27. The molecule has 0 spiro atoms. The van der Waals surface area contributed by atoms with Gasteiger partial charge >= 0.3 is 0 Å². The van der Waals surface area contributed by atoms with Gasteiger partial charge in [0.05, 0.1) is 37.2 Å². The number of phenolic OH excluding ortho intramolecular Hbond substituents is 1. The monoisotopic (exact) mass is 379 g/mol. The van der Waals surface area contributed by atoms with Crippen molar-refractivity contribution >= 4 is 5.91 Å². The van der Waals surface area contributed by atoms with Gasteiger partial charge in [0.25, 0.3) is 5.91 Å². The molecule has 0 bridgehead atoms. The van der Waals surface area contributed by atoms with Crippen LogP contribution in [0.3, 0.4) is 0 Å². The molecule has 1 aliphatic heterocycles. The van der Waals surface area contributed by atoms with Gasteiger partial charge in [0.1, 0.15) is 17.6 Å². The lowest BCUT2D eigenvalue weighted by Crippen LogP contribution is -2.38. The normalized spacial score (nSPS) is 14.4. The van der Waals surface area contributed by atoms with E-state index in [1.54, 1.807) is 11.0 Å². The van der Waals surface area contributed by atoms with Crippen LogP contribution in [0, 0.1) is 0 Å². The van der Waals surface area contributed by atoms with Crippen molar-refractivity contribution in [3.05, 3.63) is 77.1 Å². The van der Waals surface area contributed by atoms with E-state index in [2.05, 4.69) is 5.10 Å². The lowest BCUT2D eigenvalue weighted by Gasteiger charge is -2.28. The smallest absolute Gasteiger partial charge is 0.258 e. The number of aromatic nitrogens is 2. The Morgan fingerprint density at radius 3 is 2.68 bits per heavy atom. The van der Waals surface area contributed by atoms with Crippen LogP contribution in [0.15, 0.2) is 54.6 Å². The minimum atomic E-state index is -0.814. The number of aliphatic hydroxyl groups excluding tert-OH is 1. The number of fused-ring (bicyclic) bond motifs is 1. The SMILES string of the molecule is COc1ccc(O)c(C(=O)N2CCn3nc([C@H](O)c4ccccc4)cc3C2)c1. The molecular formula is C21H21N3O4. The largest absolute Gasteiger partial charge is 0.507 e. The predicted molar refractivity (Wildman–Crippen MR) is 102 cm³/mol. The summed E-state index contributed by atoms with van der Waals surface area (Å²) >= 11 is 0. The molecule has 0 aliphatic carbocycles. The zero-order valence-electron chi connectivity index (χ0n) is 15.4. The van der Waals surface area contributed by atoms with E-state index in [9.17, 15) is 15.0 Å². The van der Waals surface area contributed by atoms with Gasteiger partial charge in [-0.05, 0) is 29.8 Å². The van der Waals surface area contributed by atoms with Gasteiger partial charge in [-0.15, -0.1) is 0 Å². The molecule has 1 atom stereocenters. The third kappa shape index (κ3) is 3.32. The van der Waals surface area contributed by atoms with Crippen molar-refractivity contribution in [1.29, 1.82) is 0 Å². The first kappa shape index (κ1) is 18.1. The fourth-order valence-electron chi connectivity index (χ4n) is 3.39. The molecule has 0 saturated carbocycles. The topological polar surface area (TPSA) is 87.8 Å². The van der Waals surface area contributed by atoms with Crippen LogP contribution in [0.5, 0.6) is 11.5 Å². The first-order valence-electron chi connectivity index (χ1n) is 9.02. The number of ether oxygens (including phenoxy) is 1. The highest BCUT2D eigenvalue weighted by atomic mass is 16.5. The number of carbonyl (C=O) groups is 1. The standard InChI is InChI=1S/C21H21N3O4/c1-28-16-7-8-19(25)17(12-16)21(27)23-9-10-24-15(13-23)11-18(22-24)20(26)14-5-3-2-4-6-14/h2-8,11-12,20,25-26H,9-10,13H2,1H3/t20-/m1/s1. The second-order valence-electron chi connectivity index (χ2n) is 6.71. The molecule has 0 saturated heterocycles. The summed E-state index contributed by atoms with van der Waals surface area (Å²) in [6.07, 6.45) is -0.814. The number of rotatable bonds is 4. The number of amides is 1. The molecule has 0 radical (unpaired) electrons. The average Bonchev–Trinajstić information content (AvgIpc) is 3.17. The Labute approximate surface area is 162 Å². The maximum Gasteiger partial charge on any atom is 0.258 e. The quantitative estimate of drug-likeness (QED) is 0.726. The van der Waals surface area contributed by atoms with E-state index in [-0.39, 0.29) is 17.2 Å². The summed E-state index contributed by atoms with van der Waals surface area (Å²) in [7, 11) is 1.51. The van der Waals surface area contributed by atoms with Gasteiger partial charge in [0.15, 0.2) is 0 Å². The molecule has 3 aromatic rings. The second kappa shape index (κ2) is 7.36. The minimum Gasteiger partial charge on any atom is -0.507 e. The van der Waals surface area contributed by atoms with Crippen LogP contribution in [-0.2, 0) is 13.1 Å². The number of aromatic hydroxyl groups is 1. The first-order valence-corrected chi connectivity index (χ1v) is 9.02. The van der Waals surface area contributed by atoms with Gasteiger partial charge in [0.2, 0.25) is 0 Å². The van der Waals surface area contributed by atoms with E-state index in [0.717, 1.165) is 11.3 Å². The van der Waals surface area contributed by atoms with E-state index in [4.69, 9.17) is 4.74 Å². The van der Waals surface area contributed by atoms with E-state index in [1.807, 2.05) is 41.1 Å². The van der Waals surface area contributed by atoms with Crippen molar-refractivity contribution < 1.29 is 19.7 Å². The summed E-state index contributed by atoms with van der Waals surface area (Å²) in [5, 5.41) is 25.2. The zero-order chi connectivity index (χ0) is 19.7. The van der Waals surface area contributed by atoms with Crippen molar-refractivity contribution in [2.75, 3.05) is 13.7 Å². The van der Waals surface area contributed by atoms with Crippen molar-refractivity contribution in [2.24, 2.45) is 0 Å². The Kier molecular flexibility index (Phi) is 4.75. The molecule has 7 nitrogen and oxygen atoms in total. The third-order valence-corrected chi connectivity index (χ3v) is 4.93. The summed E-state index contributed by atoms with van der Waals surface area (Å²) < 4.78 is 6.97. The van der Waals surface area contributed by atoms with E-state index < -0.39 is 6.10 Å². The maximum atomic E-state index is 12.9. The molecule has 144 valence electrons. The van der Waals surface area contributed by atoms with Crippen molar-refractivity contribution in [3.8, 4) is 11.5 Å². The number of nitrogens with zero attached hydrogens (tertiary/aromatic N) is 3. The van der Waals surface area contributed by atoms with Crippen LogP contribution in [0.4, 0.5) is 0 Å². The summed E-state index contributed by atoms with van der Waals surface area (Å²) in [6, 6.07) is 15.8. The Bertz CT molecular complexity index is 1000. The predicted octanol–water partition coefficient (Wildman–Crippen LogP) is 2.33.